The van der Waals surface area contributed by atoms with Crippen molar-refractivity contribution >= 4 is 29.3 Å². The highest BCUT2D eigenvalue weighted by Gasteiger charge is 2.22. The highest BCUT2D eigenvalue weighted by molar-refractivity contribution is 6.34. The van der Waals surface area contributed by atoms with Crippen molar-refractivity contribution in [3.05, 3.63) is 28.0 Å². The lowest BCUT2D eigenvalue weighted by atomic mass is 10.2. The van der Waals surface area contributed by atoms with Crippen LogP contribution in [0.1, 0.15) is 32.5 Å². The van der Waals surface area contributed by atoms with Crippen LogP contribution in [0.15, 0.2) is 12.3 Å². The maximum absolute atomic E-state index is 11.7. The number of nitrogens with two attached hydrogens (primary N) is 1. The minimum Gasteiger partial charge on any atom is -0.444 e. The number of nitrogens with one attached hydrogen (secondary N) is 1. The van der Waals surface area contributed by atoms with Gasteiger partial charge in [-0.2, -0.15) is 0 Å². The lowest BCUT2D eigenvalue weighted by molar-refractivity contribution is 0.0504. The van der Waals surface area contributed by atoms with Gasteiger partial charge in [-0.25, -0.2) is 4.79 Å². The second-order valence-corrected chi connectivity index (χ2v) is 5.80. The molecule has 0 aliphatic carbocycles. The maximum atomic E-state index is 11.7. The van der Waals surface area contributed by atoms with Gasteiger partial charge in [-0.3, -0.25) is 4.98 Å². The summed E-state index contributed by atoms with van der Waals surface area (Å²) in [5.41, 5.74) is 5.50. The van der Waals surface area contributed by atoms with E-state index in [1.165, 1.54) is 6.20 Å². The Morgan fingerprint density at radius 3 is 2.63 bits per heavy atom. The molecule has 1 unspecified atom stereocenters. The number of carbonyl (C=O) groups excluding carboxylic acids is 1. The van der Waals surface area contributed by atoms with Gasteiger partial charge in [-0.05, 0) is 26.8 Å². The Balaban J connectivity index is 2.81. The number of halogens is 2. The molecular formula is C12H17Cl2N3O2. The van der Waals surface area contributed by atoms with E-state index >= 15 is 0 Å². The lowest BCUT2D eigenvalue weighted by Crippen LogP contribution is -2.38. The van der Waals surface area contributed by atoms with Gasteiger partial charge >= 0.3 is 6.09 Å². The highest BCUT2D eigenvalue weighted by Crippen LogP contribution is 2.23. The van der Waals surface area contributed by atoms with E-state index in [9.17, 15) is 4.79 Å². The van der Waals surface area contributed by atoms with Gasteiger partial charge < -0.3 is 15.8 Å². The van der Waals surface area contributed by atoms with Gasteiger partial charge in [0.2, 0.25) is 0 Å². The van der Waals surface area contributed by atoms with Crippen LogP contribution in [-0.2, 0) is 4.74 Å². The summed E-state index contributed by atoms with van der Waals surface area (Å²) in [6.45, 7) is 5.47. The Labute approximate surface area is 122 Å². The summed E-state index contributed by atoms with van der Waals surface area (Å²) in [5, 5.41) is 3.39. The van der Waals surface area contributed by atoms with Crippen LogP contribution in [0.25, 0.3) is 0 Å². The number of pyridine rings is 1. The van der Waals surface area contributed by atoms with Crippen molar-refractivity contribution in [2.24, 2.45) is 5.73 Å². The molecule has 1 rings (SSSR count). The van der Waals surface area contributed by atoms with Gasteiger partial charge in [0.05, 0.1) is 21.8 Å². The van der Waals surface area contributed by atoms with Crippen molar-refractivity contribution in [1.29, 1.82) is 0 Å². The molecule has 1 atom stereocenters. The molecule has 0 aromatic carbocycles. The number of nitrogens with zero attached hydrogens (tertiary/aromatic N) is 1. The third-order valence-corrected chi connectivity index (χ3v) is 2.60. The SMILES string of the molecule is CC(C)(C)OC(=O)NC(CN)c1ncc(Cl)cc1Cl. The van der Waals surface area contributed by atoms with Crippen LogP contribution in [0, 0.1) is 0 Å². The van der Waals surface area contributed by atoms with Crippen molar-refractivity contribution in [2.45, 2.75) is 32.4 Å². The number of alkyl carbamates (subject to hydrolysis) is 1. The fourth-order valence-corrected chi connectivity index (χ4v) is 1.88. The Hall–Kier alpha value is -1.04. The van der Waals surface area contributed by atoms with Crippen LogP contribution < -0.4 is 11.1 Å². The molecule has 1 heterocycles. The number of hydrogen-bond acceptors (Lipinski definition) is 4. The van der Waals surface area contributed by atoms with Crippen molar-refractivity contribution in [2.75, 3.05) is 6.54 Å². The molecule has 5 nitrogen and oxygen atoms in total. The Morgan fingerprint density at radius 1 is 1.53 bits per heavy atom. The van der Waals surface area contributed by atoms with E-state index < -0.39 is 17.7 Å². The second-order valence-electron chi connectivity index (χ2n) is 4.96. The van der Waals surface area contributed by atoms with E-state index in [0.29, 0.717) is 15.7 Å². The molecule has 0 fully saturated rings. The standard InChI is InChI=1S/C12H17Cl2N3O2/c1-12(2,3)19-11(18)17-9(5-15)10-8(14)4-7(13)6-16-10/h4,6,9H,5,15H2,1-3H3,(H,17,18). The fraction of sp³-hybridized carbons (Fsp3) is 0.500. The molecule has 106 valence electrons. The summed E-state index contributed by atoms with van der Waals surface area (Å²) in [5.74, 6) is 0. The van der Waals surface area contributed by atoms with E-state index in [2.05, 4.69) is 10.3 Å². The Morgan fingerprint density at radius 2 is 2.16 bits per heavy atom. The number of carbonyl (C=O) groups is 1. The quantitative estimate of drug-likeness (QED) is 0.900. The van der Waals surface area contributed by atoms with Crippen molar-refractivity contribution < 1.29 is 9.53 Å². The zero-order chi connectivity index (χ0) is 14.6. The normalized spacial score (nSPS) is 12.9. The first-order chi connectivity index (χ1) is 8.73. The minimum atomic E-state index is -0.583. The first kappa shape index (κ1) is 16.0. The monoisotopic (exact) mass is 305 g/mol. The van der Waals surface area contributed by atoms with Gasteiger partial charge in [0, 0.05) is 12.7 Å². The largest absolute Gasteiger partial charge is 0.444 e. The van der Waals surface area contributed by atoms with Crippen molar-refractivity contribution in [1.82, 2.24) is 10.3 Å². The number of ether oxygens (including phenoxy) is 1. The van der Waals surface area contributed by atoms with Crippen LogP contribution >= 0.6 is 23.2 Å². The molecule has 3 N–H and O–H groups in total. The summed E-state index contributed by atoms with van der Waals surface area (Å²) in [6, 6.07) is 1.02. The van der Waals surface area contributed by atoms with Crippen molar-refractivity contribution in [3.8, 4) is 0 Å². The lowest BCUT2D eigenvalue weighted by Gasteiger charge is -2.23. The van der Waals surface area contributed by atoms with Crippen LogP contribution in [0.4, 0.5) is 4.79 Å². The first-order valence-corrected chi connectivity index (χ1v) is 6.49. The molecule has 1 aromatic rings. The smallest absolute Gasteiger partial charge is 0.408 e. The molecular weight excluding hydrogens is 289 g/mol. The molecule has 1 amide bonds. The number of hydrogen-bond donors (Lipinski definition) is 2. The summed E-state index contributed by atoms with van der Waals surface area (Å²) < 4.78 is 5.15. The second kappa shape index (κ2) is 6.41. The fourth-order valence-electron chi connectivity index (χ4n) is 1.37. The first-order valence-electron chi connectivity index (χ1n) is 5.73. The molecule has 0 aliphatic heterocycles. The minimum absolute atomic E-state index is 0.146. The number of amides is 1. The topological polar surface area (TPSA) is 77.2 Å². The van der Waals surface area contributed by atoms with Gasteiger partial charge in [-0.15, -0.1) is 0 Å². The zero-order valence-corrected chi connectivity index (χ0v) is 12.5. The van der Waals surface area contributed by atoms with Gasteiger partial charge in [0.15, 0.2) is 0 Å². The van der Waals surface area contributed by atoms with Crippen LogP contribution in [0.3, 0.4) is 0 Å². The predicted molar refractivity (Wildman–Crippen MR) is 75.4 cm³/mol. The number of aromatic nitrogens is 1. The summed E-state index contributed by atoms with van der Waals surface area (Å²) in [6.07, 6.45) is 0.873. The molecule has 0 radical (unpaired) electrons. The van der Waals surface area contributed by atoms with Gasteiger partial charge in [0.1, 0.15) is 5.60 Å². The highest BCUT2D eigenvalue weighted by atomic mass is 35.5. The van der Waals surface area contributed by atoms with Crippen LogP contribution in [0.5, 0.6) is 0 Å². The Bertz CT molecular complexity index is 461. The molecule has 0 aliphatic rings. The van der Waals surface area contributed by atoms with Crippen molar-refractivity contribution in [3.63, 3.8) is 0 Å². The molecule has 7 heteroatoms. The average Bonchev–Trinajstić information content (AvgIpc) is 2.24. The molecule has 0 spiro atoms. The van der Waals surface area contributed by atoms with Crippen LogP contribution in [-0.4, -0.2) is 23.2 Å². The van der Waals surface area contributed by atoms with E-state index in [0.717, 1.165) is 0 Å². The predicted octanol–water partition coefficient (Wildman–Crippen LogP) is 2.91. The summed E-state index contributed by atoms with van der Waals surface area (Å²) >= 11 is 11.8. The maximum Gasteiger partial charge on any atom is 0.408 e. The average molecular weight is 306 g/mol. The molecule has 1 aromatic heterocycles. The Kier molecular flexibility index (Phi) is 5.40. The molecule has 0 saturated heterocycles. The van der Waals surface area contributed by atoms with Gasteiger partial charge in [0.25, 0.3) is 0 Å². The molecule has 0 bridgehead atoms. The summed E-state index contributed by atoms with van der Waals surface area (Å²) in [4.78, 5) is 15.8. The summed E-state index contributed by atoms with van der Waals surface area (Å²) in [7, 11) is 0. The zero-order valence-electron chi connectivity index (χ0n) is 11.0. The van der Waals surface area contributed by atoms with Gasteiger partial charge in [-0.1, -0.05) is 23.2 Å². The molecule has 0 saturated carbocycles. The van der Waals surface area contributed by atoms with E-state index in [1.54, 1.807) is 26.8 Å². The third kappa shape index (κ3) is 5.22. The molecule has 19 heavy (non-hydrogen) atoms. The van der Waals surface area contributed by atoms with Crippen LogP contribution in [0.2, 0.25) is 10.0 Å². The van der Waals surface area contributed by atoms with E-state index in [4.69, 9.17) is 33.7 Å². The third-order valence-electron chi connectivity index (χ3n) is 2.09. The van der Waals surface area contributed by atoms with E-state index in [1.807, 2.05) is 0 Å². The number of rotatable bonds is 3. The van der Waals surface area contributed by atoms with E-state index in [-0.39, 0.29) is 6.54 Å².